The number of aromatic nitrogens is 2. The van der Waals surface area contributed by atoms with Crippen LogP contribution in [0.15, 0.2) is 6.07 Å². The summed E-state index contributed by atoms with van der Waals surface area (Å²) < 4.78 is 0. The van der Waals surface area contributed by atoms with Crippen molar-refractivity contribution in [2.75, 3.05) is 17.7 Å². The van der Waals surface area contributed by atoms with Gasteiger partial charge in [0.25, 0.3) is 0 Å². The van der Waals surface area contributed by atoms with Gasteiger partial charge in [-0.1, -0.05) is 46.5 Å². The molecule has 0 aliphatic rings. The Balaban J connectivity index is 2.59. The Labute approximate surface area is 123 Å². The topological polar surface area (TPSA) is 49.8 Å². The number of rotatable bonds is 9. The van der Waals surface area contributed by atoms with Gasteiger partial charge in [0.15, 0.2) is 0 Å². The Morgan fingerprint density at radius 2 is 1.75 bits per heavy atom. The average Bonchev–Trinajstić information content (AvgIpc) is 2.43. The van der Waals surface area contributed by atoms with Crippen LogP contribution >= 0.6 is 0 Å². The van der Waals surface area contributed by atoms with E-state index in [9.17, 15) is 0 Å². The minimum Gasteiger partial charge on any atom is -0.373 e. The molecule has 0 spiro atoms. The van der Waals surface area contributed by atoms with Crippen LogP contribution in [0, 0.1) is 0 Å². The maximum absolute atomic E-state index is 4.60. The second kappa shape index (κ2) is 8.77. The van der Waals surface area contributed by atoms with Crippen LogP contribution in [-0.2, 0) is 0 Å². The molecule has 0 amide bonds. The molecule has 4 heteroatoms. The fourth-order valence-corrected chi connectivity index (χ4v) is 2.13. The summed E-state index contributed by atoms with van der Waals surface area (Å²) >= 11 is 0. The smallest absolute Gasteiger partial charge is 0.135 e. The summed E-state index contributed by atoms with van der Waals surface area (Å²) in [7, 11) is 1.89. The fourth-order valence-electron chi connectivity index (χ4n) is 2.13. The van der Waals surface area contributed by atoms with Crippen LogP contribution in [0.3, 0.4) is 0 Å². The Kier molecular flexibility index (Phi) is 7.34. The lowest BCUT2D eigenvalue weighted by Crippen LogP contribution is -2.17. The highest BCUT2D eigenvalue weighted by molar-refractivity contribution is 5.47. The molecule has 1 atom stereocenters. The van der Waals surface area contributed by atoms with Gasteiger partial charge in [-0.05, 0) is 13.3 Å². The summed E-state index contributed by atoms with van der Waals surface area (Å²) in [5.41, 5.74) is 0. The van der Waals surface area contributed by atoms with E-state index in [1.807, 2.05) is 13.1 Å². The highest BCUT2D eigenvalue weighted by Gasteiger charge is 2.09. The van der Waals surface area contributed by atoms with Gasteiger partial charge >= 0.3 is 0 Å². The summed E-state index contributed by atoms with van der Waals surface area (Å²) in [6.07, 6.45) is 6.42. The third-order valence-corrected chi connectivity index (χ3v) is 3.40. The molecule has 114 valence electrons. The molecule has 20 heavy (non-hydrogen) atoms. The predicted molar refractivity (Wildman–Crippen MR) is 87.5 cm³/mol. The van der Waals surface area contributed by atoms with Gasteiger partial charge in [0, 0.05) is 25.1 Å². The van der Waals surface area contributed by atoms with Crippen molar-refractivity contribution in [1.82, 2.24) is 9.97 Å². The van der Waals surface area contributed by atoms with Crippen molar-refractivity contribution < 1.29 is 0 Å². The van der Waals surface area contributed by atoms with Crippen molar-refractivity contribution in [3.05, 3.63) is 11.9 Å². The lowest BCUT2D eigenvalue weighted by atomic mass is 10.1. The molecule has 1 unspecified atom stereocenters. The van der Waals surface area contributed by atoms with Gasteiger partial charge in [0.2, 0.25) is 0 Å². The fraction of sp³-hybridized carbons (Fsp3) is 0.750. The summed E-state index contributed by atoms with van der Waals surface area (Å²) in [4.78, 5) is 9.09. The van der Waals surface area contributed by atoms with Gasteiger partial charge in [-0.2, -0.15) is 0 Å². The molecule has 0 aromatic carbocycles. The van der Waals surface area contributed by atoms with Crippen molar-refractivity contribution in [2.24, 2.45) is 0 Å². The maximum atomic E-state index is 4.60. The zero-order chi connectivity index (χ0) is 15.0. The number of nitrogens with one attached hydrogen (secondary N) is 2. The lowest BCUT2D eigenvalue weighted by Gasteiger charge is -2.16. The van der Waals surface area contributed by atoms with Gasteiger partial charge in [-0.25, -0.2) is 9.97 Å². The van der Waals surface area contributed by atoms with Crippen LogP contribution in [0.1, 0.15) is 71.5 Å². The molecule has 1 rings (SSSR count). The second-order valence-corrected chi connectivity index (χ2v) is 5.80. The number of anilines is 2. The molecule has 0 saturated carbocycles. The third-order valence-electron chi connectivity index (χ3n) is 3.40. The summed E-state index contributed by atoms with van der Waals surface area (Å²) in [6.45, 7) is 8.71. The molecule has 2 N–H and O–H groups in total. The molecule has 0 aliphatic heterocycles. The largest absolute Gasteiger partial charge is 0.373 e. The lowest BCUT2D eigenvalue weighted by molar-refractivity contribution is 0.592. The Morgan fingerprint density at radius 1 is 1.05 bits per heavy atom. The molecule has 0 aliphatic carbocycles. The van der Waals surface area contributed by atoms with Crippen LogP contribution < -0.4 is 10.6 Å². The Morgan fingerprint density at radius 3 is 2.35 bits per heavy atom. The SMILES string of the molecule is CCCCCCC(C)Nc1cc(NC)nc(C(C)C)n1. The zero-order valence-corrected chi connectivity index (χ0v) is 13.7. The molecule has 1 heterocycles. The molecular weight excluding hydrogens is 248 g/mol. The standard InChI is InChI=1S/C16H30N4/c1-6-7-8-9-10-13(4)18-15-11-14(17-5)19-16(20-15)12(2)3/h11-13H,6-10H2,1-5H3,(H2,17,18,19,20). The van der Waals surface area contributed by atoms with Gasteiger partial charge < -0.3 is 10.6 Å². The van der Waals surface area contributed by atoms with E-state index in [0.29, 0.717) is 12.0 Å². The number of hydrogen-bond acceptors (Lipinski definition) is 4. The number of unbranched alkanes of at least 4 members (excludes halogenated alkanes) is 3. The normalized spacial score (nSPS) is 12.5. The molecule has 0 radical (unpaired) electrons. The van der Waals surface area contributed by atoms with Crippen LogP contribution in [0.5, 0.6) is 0 Å². The van der Waals surface area contributed by atoms with E-state index in [4.69, 9.17) is 0 Å². The number of nitrogens with zero attached hydrogens (tertiary/aromatic N) is 2. The van der Waals surface area contributed by atoms with Crippen LogP contribution in [-0.4, -0.2) is 23.1 Å². The summed E-state index contributed by atoms with van der Waals surface area (Å²) in [5, 5.41) is 6.60. The highest BCUT2D eigenvalue weighted by Crippen LogP contribution is 2.18. The minimum absolute atomic E-state index is 0.337. The first-order chi connectivity index (χ1) is 9.56. The van der Waals surface area contributed by atoms with Crippen molar-refractivity contribution >= 4 is 11.6 Å². The average molecular weight is 278 g/mol. The molecule has 4 nitrogen and oxygen atoms in total. The quantitative estimate of drug-likeness (QED) is 0.657. The van der Waals surface area contributed by atoms with Gasteiger partial charge in [-0.3, -0.25) is 0 Å². The van der Waals surface area contributed by atoms with Crippen molar-refractivity contribution in [1.29, 1.82) is 0 Å². The van der Waals surface area contributed by atoms with Crippen molar-refractivity contribution in [2.45, 2.75) is 71.8 Å². The first-order valence-corrected chi connectivity index (χ1v) is 7.90. The third kappa shape index (κ3) is 5.76. The van der Waals surface area contributed by atoms with Gasteiger partial charge in [0.05, 0.1) is 0 Å². The monoisotopic (exact) mass is 278 g/mol. The van der Waals surface area contributed by atoms with Crippen LogP contribution in [0.2, 0.25) is 0 Å². The van der Waals surface area contributed by atoms with E-state index in [0.717, 1.165) is 17.5 Å². The summed E-state index contributed by atoms with van der Waals surface area (Å²) in [5.74, 6) is 3.03. The van der Waals surface area contributed by atoms with Gasteiger partial charge in [-0.15, -0.1) is 0 Å². The first kappa shape index (κ1) is 16.7. The van der Waals surface area contributed by atoms with E-state index < -0.39 is 0 Å². The van der Waals surface area contributed by atoms with Crippen molar-refractivity contribution in [3.63, 3.8) is 0 Å². The van der Waals surface area contributed by atoms with Gasteiger partial charge in [0.1, 0.15) is 17.5 Å². The zero-order valence-electron chi connectivity index (χ0n) is 13.7. The maximum Gasteiger partial charge on any atom is 0.135 e. The van der Waals surface area contributed by atoms with E-state index in [1.165, 1.54) is 32.1 Å². The molecule has 0 bridgehead atoms. The molecular formula is C16H30N4. The first-order valence-electron chi connectivity index (χ1n) is 7.90. The van der Waals surface area contributed by atoms with Crippen LogP contribution in [0.4, 0.5) is 11.6 Å². The summed E-state index contributed by atoms with van der Waals surface area (Å²) in [6, 6.07) is 2.43. The van der Waals surface area contributed by atoms with E-state index >= 15 is 0 Å². The molecule has 1 aromatic heterocycles. The Bertz CT molecular complexity index is 390. The van der Waals surface area contributed by atoms with Crippen LogP contribution in [0.25, 0.3) is 0 Å². The van der Waals surface area contributed by atoms with Crippen molar-refractivity contribution in [3.8, 4) is 0 Å². The minimum atomic E-state index is 0.337. The van der Waals surface area contributed by atoms with E-state index in [2.05, 4.69) is 48.3 Å². The van der Waals surface area contributed by atoms with E-state index in [-0.39, 0.29) is 0 Å². The predicted octanol–water partition coefficient (Wildman–Crippen LogP) is 4.41. The molecule has 0 fully saturated rings. The van der Waals surface area contributed by atoms with E-state index in [1.54, 1.807) is 0 Å². The molecule has 1 aromatic rings. The number of hydrogen-bond donors (Lipinski definition) is 2. The highest BCUT2D eigenvalue weighted by atomic mass is 15.1. The second-order valence-electron chi connectivity index (χ2n) is 5.80. The Hall–Kier alpha value is -1.32. The molecule has 0 saturated heterocycles.